The quantitative estimate of drug-likeness (QED) is 0.901. The van der Waals surface area contributed by atoms with Crippen LogP contribution in [-0.4, -0.2) is 49.2 Å². The lowest BCUT2D eigenvalue weighted by Gasteiger charge is -2.27. The third-order valence-corrected chi connectivity index (χ3v) is 4.55. The van der Waals surface area contributed by atoms with Gasteiger partial charge in [0.25, 0.3) is 0 Å². The molecule has 1 aliphatic rings. The van der Waals surface area contributed by atoms with Crippen LogP contribution in [0.4, 0.5) is 5.82 Å². The van der Waals surface area contributed by atoms with Gasteiger partial charge in [-0.15, -0.1) is 12.4 Å². The summed E-state index contributed by atoms with van der Waals surface area (Å²) in [5.74, 6) is 1.05. The molecule has 1 fully saturated rings. The number of rotatable bonds is 5. The Morgan fingerprint density at radius 3 is 2.64 bits per heavy atom. The molecule has 1 N–H and O–H groups in total. The number of pyridine rings is 1. The van der Waals surface area contributed by atoms with Crippen molar-refractivity contribution in [2.75, 3.05) is 32.1 Å². The number of nitrogens with zero attached hydrogens (tertiary/aromatic N) is 3. The van der Waals surface area contributed by atoms with Gasteiger partial charge in [0.2, 0.25) is 0 Å². The van der Waals surface area contributed by atoms with E-state index < -0.39 is 0 Å². The van der Waals surface area contributed by atoms with E-state index in [2.05, 4.69) is 60.2 Å². The van der Waals surface area contributed by atoms with Crippen LogP contribution in [0.1, 0.15) is 38.7 Å². The highest BCUT2D eigenvalue weighted by Gasteiger charge is 2.17. The van der Waals surface area contributed by atoms with Crippen LogP contribution in [0.5, 0.6) is 0 Å². The van der Waals surface area contributed by atoms with Crippen molar-refractivity contribution in [2.24, 2.45) is 0 Å². The molecule has 0 aliphatic carbocycles. The fourth-order valence-electron chi connectivity index (χ4n) is 2.84. The first kappa shape index (κ1) is 19.2. The molecule has 0 saturated carbocycles. The van der Waals surface area contributed by atoms with Crippen LogP contribution >= 0.6 is 12.4 Å². The standard InChI is InChI=1S/C17H30N4.ClH/c1-14(2)21(4)17-8-7-15(12-19-17)13-20(3)16-6-5-10-18-11-9-16;/h7-8,12,14,16,18H,5-6,9-11,13H2,1-4H3;1H. The second-order valence-corrected chi connectivity index (χ2v) is 6.48. The Bertz CT molecular complexity index is 413. The molecule has 1 atom stereocenters. The summed E-state index contributed by atoms with van der Waals surface area (Å²) in [6.45, 7) is 7.67. The van der Waals surface area contributed by atoms with Crippen LogP contribution in [0.15, 0.2) is 18.3 Å². The Morgan fingerprint density at radius 2 is 2.00 bits per heavy atom. The molecule has 0 amide bonds. The molecule has 0 aromatic carbocycles. The summed E-state index contributed by atoms with van der Waals surface area (Å²) in [7, 11) is 4.33. The summed E-state index contributed by atoms with van der Waals surface area (Å²) in [5, 5.41) is 3.48. The van der Waals surface area contributed by atoms with Gasteiger partial charge in [-0.25, -0.2) is 4.98 Å². The van der Waals surface area contributed by atoms with Gasteiger partial charge >= 0.3 is 0 Å². The molecule has 1 aromatic heterocycles. The highest BCUT2D eigenvalue weighted by atomic mass is 35.5. The molecule has 0 radical (unpaired) electrons. The summed E-state index contributed by atoms with van der Waals surface area (Å²) in [4.78, 5) is 9.28. The maximum atomic E-state index is 4.60. The van der Waals surface area contributed by atoms with Crippen molar-refractivity contribution in [3.63, 3.8) is 0 Å². The lowest BCUT2D eigenvalue weighted by Crippen LogP contribution is -2.32. The Hall–Kier alpha value is -0.840. The minimum absolute atomic E-state index is 0. The average Bonchev–Trinajstić information content (AvgIpc) is 2.76. The van der Waals surface area contributed by atoms with Crippen LogP contribution in [0, 0.1) is 0 Å². The third kappa shape index (κ3) is 5.41. The van der Waals surface area contributed by atoms with Crippen molar-refractivity contribution in [3.05, 3.63) is 23.9 Å². The van der Waals surface area contributed by atoms with Crippen molar-refractivity contribution < 1.29 is 0 Å². The Kier molecular flexibility index (Phi) is 8.15. The molecule has 1 aromatic rings. The van der Waals surface area contributed by atoms with Gasteiger partial charge in [-0.05, 0) is 64.9 Å². The van der Waals surface area contributed by atoms with Gasteiger partial charge in [0.1, 0.15) is 5.82 Å². The molecule has 126 valence electrons. The molecule has 0 bridgehead atoms. The van der Waals surface area contributed by atoms with Gasteiger partial charge in [-0.3, -0.25) is 4.90 Å². The van der Waals surface area contributed by atoms with E-state index in [1.165, 1.54) is 31.4 Å². The van der Waals surface area contributed by atoms with Gasteiger partial charge in [0.15, 0.2) is 0 Å². The van der Waals surface area contributed by atoms with Crippen LogP contribution in [0.2, 0.25) is 0 Å². The van der Waals surface area contributed by atoms with E-state index in [1.54, 1.807) is 0 Å². The zero-order chi connectivity index (χ0) is 15.2. The molecule has 2 heterocycles. The zero-order valence-electron chi connectivity index (χ0n) is 14.4. The van der Waals surface area contributed by atoms with Gasteiger partial charge in [0.05, 0.1) is 0 Å². The molecule has 2 rings (SSSR count). The van der Waals surface area contributed by atoms with Crippen LogP contribution in [0.25, 0.3) is 0 Å². The first-order chi connectivity index (χ1) is 10.1. The molecule has 22 heavy (non-hydrogen) atoms. The fourth-order valence-corrected chi connectivity index (χ4v) is 2.84. The van der Waals surface area contributed by atoms with Gasteiger partial charge in [0, 0.05) is 31.9 Å². The molecule has 0 spiro atoms. The Balaban J connectivity index is 0.00000242. The average molecular weight is 327 g/mol. The van der Waals surface area contributed by atoms with E-state index in [1.807, 2.05) is 6.20 Å². The maximum Gasteiger partial charge on any atom is 0.128 e. The first-order valence-electron chi connectivity index (χ1n) is 8.16. The van der Waals surface area contributed by atoms with Crippen molar-refractivity contribution in [2.45, 2.75) is 51.7 Å². The molecule has 4 nitrogen and oxygen atoms in total. The van der Waals surface area contributed by atoms with E-state index in [-0.39, 0.29) is 12.4 Å². The van der Waals surface area contributed by atoms with Gasteiger partial charge in [-0.1, -0.05) is 6.07 Å². The van der Waals surface area contributed by atoms with Gasteiger partial charge in [-0.2, -0.15) is 0 Å². The third-order valence-electron chi connectivity index (χ3n) is 4.55. The minimum Gasteiger partial charge on any atom is -0.357 e. The number of nitrogens with one attached hydrogen (secondary N) is 1. The predicted octanol–water partition coefficient (Wildman–Crippen LogP) is 2.92. The number of hydrogen-bond donors (Lipinski definition) is 1. The van der Waals surface area contributed by atoms with Gasteiger partial charge < -0.3 is 10.2 Å². The minimum atomic E-state index is 0. The van der Waals surface area contributed by atoms with E-state index in [0.717, 1.165) is 18.9 Å². The van der Waals surface area contributed by atoms with Crippen LogP contribution in [0.3, 0.4) is 0 Å². The topological polar surface area (TPSA) is 31.4 Å². The molecule has 5 heteroatoms. The lowest BCUT2D eigenvalue weighted by atomic mass is 10.1. The van der Waals surface area contributed by atoms with Crippen molar-refractivity contribution >= 4 is 18.2 Å². The van der Waals surface area contributed by atoms with Crippen molar-refractivity contribution in [1.82, 2.24) is 15.2 Å². The number of aromatic nitrogens is 1. The number of hydrogen-bond acceptors (Lipinski definition) is 4. The Morgan fingerprint density at radius 1 is 1.23 bits per heavy atom. The Labute approximate surface area is 141 Å². The highest BCUT2D eigenvalue weighted by Crippen LogP contribution is 2.17. The van der Waals surface area contributed by atoms with Crippen molar-refractivity contribution in [3.8, 4) is 0 Å². The predicted molar refractivity (Wildman–Crippen MR) is 97.0 cm³/mol. The van der Waals surface area contributed by atoms with Crippen LogP contribution < -0.4 is 10.2 Å². The highest BCUT2D eigenvalue weighted by molar-refractivity contribution is 5.85. The molecular formula is C17H31ClN4. The smallest absolute Gasteiger partial charge is 0.128 e. The number of halogens is 1. The summed E-state index contributed by atoms with van der Waals surface area (Å²) in [5.41, 5.74) is 1.30. The van der Waals surface area contributed by atoms with E-state index >= 15 is 0 Å². The molecule has 1 unspecified atom stereocenters. The lowest BCUT2D eigenvalue weighted by molar-refractivity contribution is 0.216. The van der Waals surface area contributed by atoms with Crippen molar-refractivity contribution in [1.29, 1.82) is 0 Å². The van der Waals surface area contributed by atoms with E-state index in [0.29, 0.717) is 12.1 Å². The molecular weight excluding hydrogens is 296 g/mol. The summed E-state index contributed by atoms with van der Waals surface area (Å²) < 4.78 is 0. The van der Waals surface area contributed by atoms with Crippen LogP contribution in [-0.2, 0) is 6.54 Å². The summed E-state index contributed by atoms with van der Waals surface area (Å²) in [6, 6.07) is 5.52. The summed E-state index contributed by atoms with van der Waals surface area (Å²) >= 11 is 0. The second kappa shape index (κ2) is 9.33. The first-order valence-corrected chi connectivity index (χ1v) is 8.16. The monoisotopic (exact) mass is 326 g/mol. The second-order valence-electron chi connectivity index (χ2n) is 6.48. The summed E-state index contributed by atoms with van der Waals surface area (Å²) in [6.07, 6.45) is 5.86. The van der Waals surface area contributed by atoms with E-state index in [4.69, 9.17) is 0 Å². The molecule has 1 saturated heterocycles. The normalized spacial score (nSPS) is 18.9. The maximum absolute atomic E-state index is 4.60. The fraction of sp³-hybridized carbons (Fsp3) is 0.706. The zero-order valence-corrected chi connectivity index (χ0v) is 15.2. The van der Waals surface area contributed by atoms with E-state index in [9.17, 15) is 0 Å². The SMILES string of the molecule is CC(C)N(C)c1ccc(CN(C)C2CCCNCC2)cn1.Cl. The number of anilines is 1. The largest absolute Gasteiger partial charge is 0.357 e. The molecule has 1 aliphatic heterocycles.